The summed E-state index contributed by atoms with van der Waals surface area (Å²) in [5.41, 5.74) is 7.45. The van der Waals surface area contributed by atoms with Crippen molar-refractivity contribution >= 4 is 129 Å². The number of nitrogens with zero attached hydrogens (tertiary/aromatic N) is 3. The number of aromatic nitrogens is 3. The summed E-state index contributed by atoms with van der Waals surface area (Å²) in [4.78, 5) is 291. The van der Waals surface area contributed by atoms with Crippen molar-refractivity contribution in [2.75, 3.05) is 32.8 Å². The summed E-state index contributed by atoms with van der Waals surface area (Å²) in [5, 5.41) is 88.3. The number of carboxylic acid groups (broad SMARTS) is 2. The Morgan fingerprint density at radius 1 is 0.500 bits per heavy atom. The molecule has 760 valence electrons. The monoisotopic (exact) mass is 1940 g/mol. The number of amides is 18. The Bertz CT molecular complexity index is 5000. The van der Waals surface area contributed by atoms with Crippen LogP contribution in [0.1, 0.15) is 187 Å². The highest BCUT2D eigenvalue weighted by Gasteiger charge is 2.46. The van der Waals surface area contributed by atoms with Gasteiger partial charge in [0.15, 0.2) is 0 Å². The third-order valence-corrected chi connectivity index (χ3v) is 23.9. The highest BCUT2D eigenvalue weighted by Crippen LogP contribution is 2.26. The molecular weight excluding hydrogens is 1800 g/mol. The number of phenols is 1. The highest BCUT2D eigenvalue weighted by atomic mass is 16.4. The number of aromatic amines is 2. The molecule has 2 aromatic carbocycles. The maximum Gasteiger partial charge on any atom is 0.328 e. The minimum absolute atomic E-state index is 0.0196. The molecule has 18 amide bonds. The van der Waals surface area contributed by atoms with E-state index in [0.29, 0.717) is 34.9 Å². The zero-order valence-corrected chi connectivity index (χ0v) is 79.9. The summed E-state index contributed by atoms with van der Waals surface area (Å²) in [6.07, 6.45) is -1.22. The fourth-order valence-corrected chi connectivity index (χ4v) is 15.7. The molecular formula is C92H137N21O25. The molecule has 138 heavy (non-hydrogen) atoms. The first-order valence-corrected chi connectivity index (χ1v) is 46.2. The van der Waals surface area contributed by atoms with Crippen molar-refractivity contribution < 1.29 is 124 Å². The van der Waals surface area contributed by atoms with Crippen LogP contribution < -0.4 is 85.5 Å². The zero-order chi connectivity index (χ0) is 104. The van der Waals surface area contributed by atoms with E-state index < -0.39 is 303 Å². The average molecular weight is 1940 g/mol. The first kappa shape index (κ1) is 110. The molecule has 6 rings (SSSR count). The van der Waals surface area contributed by atoms with Gasteiger partial charge in [0.2, 0.25) is 106 Å². The van der Waals surface area contributed by atoms with Gasteiger partial charge in [0.1, 0.15) is 96.4 Å². The molecule has 19 atom stereocenters. The molecule has 0 saturated carbocycles. The summed E-state index contributed by atoms with van der Waals surface area (Å²) >= 11 is 0. The minimum Gasteiger partial charge on any atom is -0.508 e. The Labute approximate surface area is 801 Å². The normalized spacial score (nSPS) is 17.5. The molecule has 0 bridgehead atoms. The number of aliphatic hydroxyl groups is 2. The van der Waals surface area contributed by atoms with E-state index in [4.69, 9.17) is 8.48 Å². The second-order valence-electron chi connectivity index (χ2n) is 36.2. The van der Waals surface area contributed by atoms with E-state index in [1.54, 1.807) is 99.7 Å². The van der Waals surface area contributed by atoms with Crippen LogP contribution in [-0.2, 0) is 115 Å². The molecule has 46 nitrogen and oxygen atoms in total. The number of carbonyl (C=O) groups excluding carboxylic acids is 18. The van der Waals surface area contributed by atoms with E-state index in [9.17, 15) is 121 Å². The van der Waals surface area contributed by atoms with Gasteiger partial charge in [-0.15, -0.1) is 0 Å². The van der Waals surface area contributed by atoms with E-state index in [2.05, 4.69) is 89.4 Å². The Hall–Kier alpha value is -13.7. The fraction of sp³-hybridized carbons (Fsp3) is 0.598. The van der Waals surface area contributed by atoms with Crippen molar-refractivity contribution in [2.45, 2.75) is 284 Å². The lowest BCUT2D eigenvalue weighted by atomic mass is 9.94. The maximum absolute atomic E-state index is 14.9. The second-order valence-corrected chi connectivity index (χ2v) is 36.2. The van der Waals surface area contributed by atoms with Crippen molar-refractivity contribution in [1.82, 2.24) is 105 Å². The van der Waals surface area contributed by atoms with E-state index in [1.807, 2.05) is 5.32 Å². The number of aromatic hydroxyl groups is 1. The van der Waals surface area contributed by atoms with Crippen LogP contribution in [0.3, 0.4) is 0 Å². The van der Waals surface area contributed by atoms with Crippen molar-refractivity contribution in [3.63, 3.8) is 0 Å². The number of rotatable bonds is 55. The number of nitrogens with one attached hydrogen (secondary N) is 17. The van der Waals surface area contributed by atoms with Crippen LogP contribution in [0.25, 0.3) is 10.9 Å². The number of aliphatic carboxylic acids is 2. The van der Waals surface area contributed by atoms with Crippen LogP contribution in [0.5, 0.6) is 5.75 Å². The number of imidazole rings is 1. The fourth-order valence-electron chi connectivity index (χ4n) is 15.7. The quantitative estimate of drug-likeness (QED) is 0.0208. The predicted molar refractivity (Wildman–Crippen MR) is 497 cm³/mol. The van der Waals surface area contributed by atoms with Gasteiger partial charge in [-0.2, -0.15) is 0 Å². The van der Waals surface area contributed by atoms with Crippen molar-refractivity contribution in [3.8, 4) is 5.75 Å². The van der Waals surface area contributed by atoms with Crippen LogP contribution in [0.2, 0.25) is 0 Å². The number of carbonyl (C=O) groups is 20. The van der Waals surface area contributed by atoms with E-state index in [-0.39, 0.29) is 75.4 Å². The summed E-state index contributed by atoms with van der Waals surface area (Å²) in [6, 6.07) is -10.5. The number of benzene rings is 2. The van der Waals surface area contributed by atoms with Gasteiger partial charge in [-0.1, -0.05) is 133 Å². The van der Waals surface area contributed by atoms with Crippen molar-refractivity contribution in [1.29, 1.82) is 0 Å². The van der Waals surface area contributed by atoms with Gasteiger partial charge < -0.3 is 131 Å². The van der Waals surface area contributed by atoms with Gasteiger partial charge in [-0.25, -0.2) is 9.78 Å². The van der Waals surface area contributed by atoms with Gasteiger partial charge in [-0.3, -0.25) is 91.1 Å². The van der Waals surface area contributed by atoms with Gasteiger partial charge >= 0.3 is 11.9 Å². The highest BCUT2D eigenvalue weighted by molar-refractivity contribution is 6.03. The number of hydrogen-bond acceptors (Lipinski definition) is 24. The molecule has 4 aromatic rings. The smallest absolute Gasteiger partial charge is 0.328 e. The molecule has 2 fully saturated rings. The third-order valence-electron chi connectivity index (χ3n) is 23.9. The number of primary amides is 1. The first-order chi connectivity index (χ1) is 66.0. The number of nitrogens with two attached hydrogens (primary N) is 1. The summed E-state index contributed by atoms with van der Waals surface area (Å²) in [6.45, 7) is 17.6. The summed E-state index contributed by atoms with van der Waals surface area (Å²) in [7, 11) is 0. The topological polar surface area (TPSA) is 700 Å². The lowest BCUT2D eigenvalue weighted by molar-refractivity contribution is -0.145. The van der Waals surface area contributed by atoms with Crippen LogP contribution in [0.4, 0.5) is 0 Å². The molecule has 1 unspecified atom stereocenters. The number of H-pyrrole nitrogens is 2. The van der Waals surface area contributed by atoms with E-state index in [1.165, 1.54) is 55.5 Å². The zero-order valence-electron chi connectivity index (χ0n) is 81.9. The number of aliphatic hydroxyl groups excluding tert-OH is 2. The molecule has 2 aliphatic heterocycles. The van der Waals surface area contributed by atoms with Crippen LogP contribution in [0, 0.1) is 35.5 Å². The number of carboxylic acids is 2. The Morgan fingerprint density at radius 2 is 0.957 bits per heavy atom. The SMILES string of the molecule is [3H]CC([3H])C(=O)N[C@H](C(=O)N[C@H](C(=O)N[C@@H](Cc1c[nH]c2ccccc12)C(=O)N[C@H](C(=O)N[C@@H](CC(N)=O)C(=O)N[C@H](C(=O)N1CCC[C@H]1C(=O)N[C@@H](CCC(=O)O)C(=O)N[C@@H](Cc1c[nH]cn1)C(=O)N[C@H](C(=O)N[C@H](C(=O)N1CCC[C@H]1C(=O)N[C@@H](Cc1ccc(O)cc1)C(=O)NCC(=O)N[C@@H](CC(C)C)C(=O)NCC(=O)N[C@@H](CO)C(=O)O)C(C)C)C(C)C)[C@@H](C)O)C(C)C)[C@@H](C)CC)[C@@H](C)CC. The maximum atomic E-state index is 14.9. The van der Waals surface area contributed by atoms with Crippen LogP contribution in [-0.4, -0.2) is 298 Å². The van der Waals surface area contributed by atoms with Crippen molar-refractivity contribution in [3.05, 3.63) is 84.1 Å². The number of para-hydroxylation sites is 1. The lowest BCUT2D eigenvalue weighted by Crippen LogP contribution is -2.63. The molecule has 0 aliphatic carbocycles. The summed E-state index contributed by atoms with van der Waals surface area (Å²) in [5.74, 6) is -24.1. The van der Waals surface area contributed by atoms with Gasteiger partial charge in [0.05, 0.1) is 44.2 Å². The van der Waals surface area contributed by atoms with Gasteiger partial charge in [0, 0.05) is 71.2 Å². The molecule has 0 radical (unpaired) electrons. The second kappa shape index (κ2) is 54.3. The molecule has 2 saturated heterocycles. The number of likely N-dealkylation sites (tertiary alicyclic amines) is 2. The van der Waals surface area contributed by atoms with E-state index >= 15 is 0 Å². The van der Waals surface area contributed by atoms with Crippen LogP contribution in [0.15, 0.2) is 67.3 Å². The molecule has 24 N–H and O–H groups in total. The molecule has 2 aliphatic rings. The molecule has 4 heterocycles. The lowest BCUT2D eigenvalue weighted by Gasteiger charge is -2.33. The Morgan fingerprint density at radius 3 is 1.46 bits per heavy atom. The van der Waals surface area contributed by atoms with Crippen molar-refractivity contribution in [2.24, 2.45) is 41.2 Å². The Kier molecular flexibility index (Phi) is 43.1. The summed E-state index contributed by atoms with van der Waals surface area (Å²) < 4.78 is 15.5. The average Bonchev–Trinajstić information content (AvgIpc) is 1.75. The van der Waals surface area contributed by atoms with Gasteiger partial charge in [0.25, 0.3) is 0 Å². The standard InChI is InChI=1S/C92H137N21O25/c1-15-49(12)75(106-68(118)17-3)89(134)110-76(50(13)16-2)88(133)104-61(36-53-39-95-57-23-19-18-22-56(53)57)81(126)107-72(46(6)7)86(131)105-63(38-67(93)117)83(128)111-77(51(14)115)91(136)113-33-21-24-65(113)84(129)101-58(30-31-71(121)122)80(125)102-62(37-54-40-94-44-98-54)82(127)108-73(47(8)9)87(132)109-74(48(10)11)90(135)112-32-20-25-66(112)85(130)103-60(35-52-26-28-55(116)29-27-52)79(124)97-41-69(119)99-59(34-45(4)5)78(123)96-42-70(120)100-64(43-114)92(137)138/h18-19,22-23,26-29,39-40,44-51,58-66,72-77,95,114-116H,15-17,20-21,24-25,30-38,41-43H2,1-14H3,(H2,93,117)(H,94,98)(H,96,123)(H,97,124)(H,99,119)(H,100,120)(H,101,129)(H,102,125)(H,103,130)(H,104,133)(H,105,131)(H,106,118)(H,107,126)(H,108,127)(H,109,132)(H,110,134)(H,111,128)(H,121,122)(H,137,138)/t49-,50-,51+,58-,59-,60-,61-,62-,63-,64-,65-,66-,72-,73-,74-,75-,76-,77-/m0/s1/i3T,17T/t17?,49-,50-,51+,58-,59-,60-,61-,62-,63-,64-,65-,66-,72-,73-,74-,75-,76-,77-. The molecule has 2 aromatic heterocycles. The number of fused-ring (bicyclic) bond motifs is 1. The predicted octanol–water partition coefficient (Wildman–Crippen LogP) is -3.14. The van der Waals surface area contributed by atoms with Gasteiger partial charge in [-0.05, 0) is 110 Å². The first-order valence-electron chi connectivity index (χ1n) is 47.4. The minimum atomic E-state index is -1.97. The number of phenolic OH excluding ortho intramolecular Hbond substituents is 1. The molecule has 0 spiro atoms. The largest absolute Gasteiger partial charge is 0.508 e. The third kappa shape index (κ3) is 33.9. The molecule has 46 heteroatoms. The number of hydrogen-bond donors (Lipinski definition) is 23. The Balaban J connectivity index is 1.16. The van der Waals surface area contributed by atoms with Crippen LogP contribution >= 0.6 is 0 Å². The van der Waals surface area contributed by atoms with E-state index in [0.717, 1.165) is 11.8 Å².